The summed E-state index contributed by atoms with van der Waals surface area (Å²) in [5.41, 5.74) is 1.07. The van der Waals surface area contributed by atoms with E-state index in [4.69, 9.17) is 0 Å². The smallest absolute Gasteiger partial charge is 0.282 e. The molecule has 0 unspecified atom stereocenters. The molecule has 1 aliphatic heterocycles. The number of imide groups is 1. The summed E-state index contributed by atoms with van der Waals surface area (Å²) in [7, 11) is -4.47. The second-order valence-corrected chi connectivity index (χ2v) is 8.15. The minimum Gasteiger partial charge on any atom is -0.282 e. The van der Waals surface area contributed by atoms with Crippen molar-refractivity contribution < 1.29 is 22.6 Å². The van der Waals surface area contributed by atoms with E-state index in [0.29, 0.717) is 21.9 Å². The molecule has 6 nitrogen and oxygen atoms in total. The van der Waals surface area contributed by atoms with E-state index < -0.39 is 21.9 Å². The summed E-state index contributed by atoms with van der Waals surface area (Å²) in [6, 6.07) is 19.5. The van der Waals surface area contributed by atoms with E-state index in [1.807, 2.05) is 12.1 Å². The molecule has 0 bridgehead atoms. The van der Waals surface area contributed by atoms with Gasteiger partial charge in [-0.25, -0.2) is 4.90 Å². The van der Waals surface area contributed by atoms with Crippen molar-refractivity contribution in [1.82, 2.24) is 0 Å². The Morgan fingerprint density at radius 3 is 1.86 bits per heavy atom. The molecule has 0 aliphatic carbocycles. The summed E-state index contributed by atoms with van der Waals surface area (Å²) in [5.74, 6) is -0.965. The van der Waals surface area contributed by atoms with E-state index in [-0.39, 0.29) is 16.0 Å². The first-order valence-corrected chi connectivity index (χ1v) is 10.2. The van der Waals surface area contributed by atoms with Crippen LogP contribution < -0.4 is 4.90 Å². The summed E-state index contributed by atoms with van der Waals surface area (Å²) >= 11 is 0. The second kappa shape index (κ2) is 5.97. The third kappa shape index (κ3) is 2.48. The van der Waals surface area contributed by atoms with E-state index in [2.05, 4.69) is 0 Å². The van der Waals surface area contributed by atoms with Crippen LogP contribution in [0, 0.1) is 0 Å². The van der Waals surface area contributed by atoms with Gasteiger partial charge in [-0.1, -0.05) is 48.5 Å². The van der Waals surface area contributed by atoms with Crippen molar-refractivity contribution >= 4 is 49.2 Å². The number of benzene rings is 4. The molecular weight excluding hydrogens is 390 g/mol. The minimum absolute atomic E-state index is 0.227. The highest BCUT2D eigenvalue weighted by atomic mass is 32.2. The van der Waals surface area contributed by atoms with Crippen LogP contribution in [0.25, 0.3) is 21.5 Å². The van der Waals surface area contributed by atoms with Gasteiger partial charge in [0.05, 0.1) is 5.69 Å². The molecule has 1 N–H and O–H groups in total. The Hall–Kier alpha value is -3.55. The number of anilines is 1. The molecule has 29 heavy (non-hydrogen) atoms. The van der Waals surface area contributed by atoms with E-state index >= 15 is 0 Å². The topological polar surface area (TPSA) is 91.8 Å². The summed E-state index contributed by atoms with van der Waals surface area (Å²) in [4.78, 5) is 27.3. The van der Waals surface area contributed by atoms with Crippen molar-refractivity contribution in [3.63, 3.8) is 0 Å². The lowest BCUT2D eigenvalue weighted by Crippen LogP contribution is -2.40. The van der Waals surface area contributed by atoms with Crippen LogP contribution in [-0.4, -0.2) is 24.8 Å². The fourth-order valence-corrected chi connectivity index (χ4v) is 4.64. The van der Waals surface area contributed by atoms with E-state index in [9.17, 15) is 22.6 Å². The molecule has 4 aromatic rings. The van der Waals surface area contributed by atoms with Crippen molar-refractivity contribution in [2.75, 3.05) is 4.90 Å². The Balaban J connectivity index is 1.81. The maximum absolute atomic E-state index is 13.3. The first-order chi connectivity index (χ1) is 13.9. The number of hydrogen-bond acceptors (Lipinski definition) is 4. The van der Waals surface area contributed by atoms with Crippen LogP contribution in [0.15, 0.2) is 77.7 Å². The first-order valence-electron chi connectivity index (χ1n) is 8.78. The molecule has 0 atom stereocenters. The van der Waals surface area contributed by atoms with Gasteiger partial charge in [-0.2, -0.15) is 8.42 Å². The van der Waals surface area contributed by atoms with Gasteiger partial charge in [-0.3, -0.25) is 14.1 Å². The predicted octanol–water partition coefficient (Wildman–Crippen LogP) is 4.04. The third-order valence-electron chi connectivity index (χ3n) is 5.15. The van der Waals surface area contributed by atoms with Gasteiger partial charge in [0.2, 0.25) is 0 Å². The maximum Gasteiger partial charge on any atom is 0.295 e. The van der Waals surface area contributed by atoms with Gasteiger partial charge in [0.15, 0.2) is 0 Å². The number of nitrogens with zero attached hydrogens (tertiary/aromatic N) is 1. The Morgan fingerprint density at radius 1 is 0.690 bits per heavy atom. The number of carbonyl (C=O) groups excluding carboxylic acids is 2. The SMILES string of the molecule is O=C1c2cccc3cccc(c23)C(=O)N1c1cccc2c(S(=O)(=O)O)cccc12. The van der Waals surface area contributed by atoms with Crippen molar-refractivity contribution in [2.45, 2.75) is 4.90 Å². The normalized spacial score (nSPS) is 14.0. The summed E-state index contributed by atoms with van der Waals surface area (Å²) in [6.07, 6.45) is 0. The lowest BCUT2D eigenvalue weighted by molar-refractivity contribution is 0.0894. The van der Waals surface area contributed by atoms with Crippen LogP contribution in [0.4, 0.5) is 5.69 Å². The van der Waals surface area contributed by atoms with Gasteiger partial charge in [0.1, 0.15) is 4.90 Å². The molecule has 0 fully saturated rings. The number of hydrogen-bond donors (Lipinski definition) is 1. The molecule has 5 rings (SSSR count). The van der Waals surface area contributed by atoms with Gasteiger partial charge < -0.3 is 0 Å². The molecule has 0 spiro atoms. The van der Waals surface area contributed by atoms with Crippen LogP contribution in [0.2, 0.25) is 0 Å². The third-order valence-corrected chi connectivity index (χ3v) is 6.06. The monoisotopic (exact) mass is 403 g/mol. The van der Waals surface area contributed by atoms with E-state index in [0.717, 1.165) is 10.3 Å². The molecule has 1 aliphatic rings. The lowest BCUT2D eigenvalue weighted by atomic mass is 9.93. The molecule has 2 amide bonds. The standard InChI is InChI=1S/C22H13NO5S/c24-21-16-9-1-5-13-6-2-10-17(20(13)16)22(25)23(21)18-11-3-8-15-14(18)7-4-12-19(15)29(26,27)28/h1-12H,(H,26,27,28). The molecule has 1 heterocycles. The van der Waals surface area contributed by atoms with Gasteiger partial charge in [0.25, 0.3) is 21.9 Å². The predicted molar refractivity (Wildman–Crippen MR) is 109 cm³/mol. The number of rotatable bonds is 2. The zero-order chi connectivity index (χ0) is 20.3. The van der Waals surface area contributed by atoms with Crippen molar-refractivity contribution in [2.24, 2.45) is 0 Å². The number of carbonyl (C=O) groups is 2. The molecular formula is C22H13NO5S. The fraction of sp³-hybridized carbons (Fsp3) is 0. The van der Waals surface area contributed by atoms with Gasteiger partial charge in [-0.15, -0.1) is 0 Å². The number of fused-ring (bicyclic) bond motifs is 1. The average molecular weight is 403 g/mol. The fourth-order valence-electron chi connectivity index (χ4n) is 3.93. The average Bonchev–Trinajstić information content (AvgIpc) is 2.71. The zero-order valence-electron chi connectivity index (χ0n) is 14.9. The van der Waals surface area contributed by atoms with Gasteiger partial charge >= 0.3 is 0 Å². The molecule has 4 aromatic carbocycles. The molecule has 0 radical (unpaired) electrons. The van der Waals surface area contributed by atoms with Gasteiger partial charge in [-0.05, 0) is 29.7 Å². The molecule has 7 heteroatoms. The van der Waals surface area contributed by atoms with Crippen molar-refractivity contribution in [3.8, 4) is 0 Å². The molecule has 0 aromatic heterocycles. The van der Waals surface area contributed by atoms with Crippen molar-refractivity contribution in [1.29, 1.82) is 0 Å². The highest BCUT2D eigenvalue weighted by Crippen LogP contribution is 2.37. The van der Waals surface area contributed by atoms with Crippen LogP contribution >= 0.6 is 0 Å². The number of amides is 2. The largest absolute Gasteiger partial charge is 0.295 e. The Kier molecular flexibility index (Phi) is 3.61. The Bertz CT molecular complexity index is 1420. The minimum atomic E-state index is -4.47. The van der Waals surface area contributed by atoms with Crippen molar-refractivity contribution in [3.05, 3.63) is 83.9 Å². The summed E-state index contributed by atoms with van der Waals surface area (Å²) in [5, 5.41) is 2.01. The first kappa shape index (κ1) is 17.5. The molecule has 142 valence electrons. The Labute approximate surface area is 165 Å². The quantitative estimate of drug-likeness (QED) is 0.403. The van der Waals surface area contributed by atoms with Crippen LogP contribution in [0.5, 0.6) is 0 Å². The summed E-state index contributed by atoms with van der Waals surface area (Å²) < 4.78 is 33.1. The highest BCUT2D eigenvalue weighted by molar-refractivity contribution is 7.86. The van der Waals surface area contributed by atoms with Crippen LogP contribution in [0.3, 0.4) is 0 Å². The van der Waals surface area contributed by atoms with E-state index in [1.54, 1.807) is 42.5 Å². The van der Waals surface area contributed by atoms with Crippen LogP contribution in [-0.2, 0) is 10.1 Å². The second-order valence-electron chi connectivity index (χ2n) is 6.76. The van der Waals surface area contributed by atoms with Gasteiger partial charge in [0, 0.05) is 27.3 Å². The molecule has 0 saturated carbocycles. The van der Waals surface area contributed by atoms with E-state index in [1.165, 1.54) is 18.2 Å². The maximum atomic E-state index is 13.3. The lowest BCUT2D eigenvalue weighted by Gasteiger charge is -2.28. The zero-order valence-corrected chi connectivity index (χ0v) is 15.7. The van der Waals surface area contributed by atoms with Crippen LogP contribution in [0.1, 0.15) is 20.7 Å². The molecule has 0 saturated heterocycles. The highest BCUT2D eigenvalue weighted by Gasteiger charge is 2.34. The summed E-state index contributed by atoms with van der Waals surface area (Å²) in [6.45, 7) is 0. The Morgan fingerprint density at radius 2 is 1.24 bits per heavy atom.